The van der Waals surface area contributed by atoms with E-state index in [-0.39, 0.29) is 23.3 Å². The Morgan fingerprint density at radius 3 is 2.79 bits per heavy atom. The van der Waals surface area contributed by atoms with Crippen LogP contribution in [0.2, 0.25) is 0 Å². The van der Waals surface area contributed by atoms with Crippen LogP contribution in [0.15, 0.2) is 6.20 Å². The van der Waals surface area contributed by atoms with Gasteiger partial charge in [-0.2, -0.15) is 0 Å². The van der Waals surface area contributed by atoms with E-state index in [0.717, 1.165) is 9.88 Å². The number of rotatable bonds is 3. The molecule has 0 aliphatic carbocycles. The maximum atomic E-state index is 11.6. The number of thiazole rings is 1. The molecule has 1 atom stereocenters. The third-order valence-electron chi connectivity index (χ3n) is 2.96. The molecule has 2 heterocycles. The molecule has 0 aromatic carbocycles. The SMILES string of the molecule is CC(C)(C)c1ncc(CNC2CCC(=O)NC2=O)s1. The van der Waals surface area contributed by atoms with Gasteiger partial charge in [0.25, 0.3) is 0 Å². The van der Waals surface area contributed by atoms with Gasteiger partial charge in [0.15, 0.2) is 0 Å². The lowest BCUT2D eigenvalue weighted by atomic mass is 9.98. The fraction of sp³-hybridized carbons (Fsp3) is 0.615. The van der Waals surface area contributed by atoms with Gasteiger partial charge in [-0.3, -0.25) is 14.9 Å². The topological polar surface area (TPSA) is 71.1 Å². The molecule has 0 radical (unpaired) electrons. The molecule has 1 fully saturated rings. The van der Waals surface area contributed by atoms with E-state index in [1.165, 1.54) is 0 Å². The third-order valence-corrected chi connectivity index (χ3v) is 4.38. The third kappa shape index (κ3) is 3.61. The van der Waals surface area contributed by atoms with Crippen molar-refractivity contribution in [3.8, 4) is 0 Å². The van der Waals surface area contributed by atoms with Crippen molar-refractivity contribution in [3.63, 3.8) is 0 Å². The molecule has 1 aromatic rings. The standard InChI is InChI=1S/C13H19N3O2S/c1-13(2,3)12-15-7-8(19-12)6-14-9-4-5-10(17)16-11(9)18/h7,9,14H,4-6H2,1-3H3,(H,16,17,18). The normalized spacial score (nSPS) is 20.5. The van der Waals surface area contributed by atoms with Crippen LogP contribution in [0.1, 0.15) is 43.5 Å². The van der Waals surface area contributed by atoms with Crippen LogP contribution < -0.4 is 10.6 Å². The Bertz CT molecular complexity index is 490. The number of carbonyl (C=O) groups is 2. The molecule has 0 spiro atoms. The molecule has 5 nitrogen and oxygen atoms in total. The molecular weight excluding hydrogens is 262 g/mol. The summed E-state index contributed by atoms with van der Waals surface area (Å²) in [5.41, 5.74) is 0.0531. The van der Waals surface area contributed by atoms with Gasteiger partial charge in [0.1, 0.15) is 0 Å². The summed E-state index contributed by atoms with van der Waals surface area (Å²) >= 11 is 1.66. The second-order valence-corrected chi connectivity index (χ2v) is 6.88. The molecule has 1 unspecified atom stereocenters. The van der Waals surface area contributed by atoms with Gasteiger partial charge in [0, 0.05) is 29.5 Å². The number of carbonyl (C=O) groups excluding carboxylic acids is 2. The molecule has 1 aromatic heterocycles. The van der Waals surface area contributed by atoms with Crippen LogP contribution in [0.5, 0.6) is 0 Å². The van der Waals surface area contributed by atoms with E-state index < -0.39 is 0 Å². The summed E-state index contributed by atoms with van der Waals surface area (Å²) in [5, 5.41) is 6.61. The molecular formula is C13H19N3O2S. The van der Waals surface area contributed by atoms with Crippen molar-refractivity contribution in [3.05, 3.63) is 16.1 Å². The van der Waals surface area contributed by atoms with E-state index in [9.17, 15) is 9.59 Å². The highest BCUT2D eigenvalue weighted by Crippen LogP contribution is 2.26. The highest BCUT2D eigenvalue weighted by Gasteiger charge is 2.26. The number of hydrogen-bond donors (Lipinski definition) is 2. The lowest BCUT2D eigenvalue weighted by Crippen LogP contribution is -2.50. The molecule has 1 saturated heterocycles. The molecule has 0 bridgehead atoms. The minimum Gasteiger partial charge on any atom is -0.301 e. The average molecular weight is 281 g/mol. The second kappa shape index (κ2) is 5.38. The van der Waals surface area contributed by atoms with Gasteiger partial charge in [-0.1, -0.05) is 20.8 Å². The second-order valence-electron chi connectivity index (χ2n) is 5.77. The Kier molecular flexibility index (Phi) is 4.01. The maximum absolute atomic E-state index is 11.6. The molecule has 1 aliphatic heterocycles. The van der Waals surface area contributed by atoms with Crippen molar-refractivity contribution in [2.75, 3.05) is 0 Å². The van der Waals surface area contributed by atoms with Crippen LogP contribution in [0.3, 0.4) is 0 Å². The first-order valence-corrected chi connectivity index (χ1v) is 7.20. The van der Waals surface area contributed by atoms with Crippen molar-refractivity contribution >= 4 is 23.2 Å². The summed E-state index contributed by atoms with van der Waals surface area (Å²) in [5.74, 6) is -0.410. The van der Waals surface area contributed by atoms with E-state index in [2.05, 4.69) is 36.4 Å². The van der Waals surface area contributed by atoms with Gasteiger partial charge in [0.05, 0.1) is 11.0 Å². The van der Waals surface area contributed by atoms with Crippen LogP contribution in [-0.4, -0.2) is 22.8 Å². The number of amides is 2. The zero-order valence-corrected chi connectivity index (χ0v) is 12.3. The van der Waals surface area contributed by atoms with Gasteiger partial charge in [0.2, 0.25) is 11.8 Å². The lowest BCUT2D eigenvalue weighted by molar-refractivity contribution is -0.134. The predicted octanol–water partition coefficient (Wildman–Crippen LogP) is 1.34. The maximum Gasteiger partial charge on any atom is 0.243 e. The number of hydrogen-bond acceptors (Lipinski definition) is 5. The molecule has 19 heavy (non-hydrogen) atoms. The van der Waals surface area contributed by atoms with Crippen molar-refractivity contribution in [2.45, 2.75) is 51.6 Å². The quantitative estimate of drug-likeness (QED) is 0.820. The Morgan fingerprint density at radius 2 is 2.21 bits per heavy atom. The minimum absolute atomic E-state index is 0.0531. The summed E-state index contributed by atoms with van der Waals surface area (Å²) in [6.07, 6.45) is 2.82. The van der Waals surface area contributed by atoms with E-state index in [4.69, 9.17) is 0 Å². The summed E-state index contributed by atoms with van der Waals surface area (Å²) in [6.45, 7) is 7.00. The Morgan fingerprint density at radius 1 is 1.47 bits per heavy atom. The lowest BCUT2D eigenvalue weighted by Gasteiger charge is -2.21. The summed E-state index contributed by atoms with van der Waals surface area (Å²) < 4.78 is 0. The van der Waals surface area contributed by atoms with Gasteiger partial charge in [-0.15, -0.1) is 11.3 Å². The Labute approximate surface area is 116 Å². The van der Waals surface area contributed by atoms with Crippen LogP contribution >= 0.6 is 11.3 Å². The number of nitrogens with zero attached hydrogens (tertiary/aromatic N) is 1. The molecule has 0 saturated carbocycles. The molecule has 104 valence electrons. The number of aromatic nitrogens is 1. The van der Waals surface area contributed by atoms with Crippen molar-refractivity contribution in [2.24, 2.45) is 0 Å². The van der Waals surface area contributed by atoms with Crippen LogP contribution in [0, 0.1) is 0 Å². The van der Waals surface area contributed by atoms with Crippen LogP contribution in [0.25, 0.3) is 0 Å². The summed E-state index contributed by atoms with van der Waals surface area (Å²) in [7, 11) is 0. The molecule has 2 rings (SSSR count). The highest BCUT2D eigenvalue weighted by atomic mass is 32.1. The summed E-state index contributed by atoms with van der Waals surface area (Å²) in [6, 6.07) is -0.280. The zero-order chi connectivity index (χ0) is 14.0. The van der Waals surface area contributed by atoms with Gasteiger partial charge in [-0.25, -0.2) is 4.98 Å². The van der Waals surface area contributed by atoms with Crippen molar-refractivity contribution < 1.29 is 9.59 Å². The molecule has 6 heteroatoms. The molecule has 2 N–H and O–H groups in total. The number of nitrogens with one attached hydrogen (secondary N) is 2. The van der Waals surface area contributed by atoms with Crippen molar-refractivity contribution in [1.29, 1.82) is 0 Å². The predicted molar refractivity (Wildman–Crippen MR) is 73.8 cm³/mol. The fourth-order valence-electron chi connectivity index (χ4n) is 1.85. The highest BCUT2D eigenvalue weighted by molar-refractivity contribution is 7.11. The van der Waals surface area contributed by atoms with E-state index in [0.29, 0.717) is 19.4 Å². The van der Waals surface area contributed by atoms with E-state index in [1.807, 2.05) is 6.20 Å². The van der Waals surface area contributed by atoms with Crippen molar-refractivity contribution in [1.82, 2.24) is 15.6 Å². The first-order chi connectivity index (χ1) is 8.86. The zero-order valence-electron chi connectivity index (χ0n) is 11.4. The first kappa shape index (κ1) is 14.1. The number of piperidine rings is 1. The first-order valence-electron chi connectivity index (χ1n) is 6.38. The van der Waals surface area contributed by atoms with Crippen LogP contribution in [-0.2, 0) is 21.5 Å². The monoisotopic (exact) mass is 281 g/mol. The van der Waals surface area contributed by atoms with Gasteiger partial charge < -0.3 is 5.32 Å². The largest absolute Gasteiger partial charge is 0.301 e. The van der Waals surface area contributed by atoms with Crippen LogP contribution in [0.4, 0.5) is 0 Å². The number of imide groups is 1. The minimum atomic E-state index is -0.280. The Balaban J connectivity index is 1.90. The molecule has 2 amide bonds. The van der Waals surface area contributed by atoms with Gasteiger partial charge in [-0.05, 0) is 6.42 Å². The average Bonchev–Trinajstić information content (AvgIpc) is 2.76. The summed E-state index contributed by atoms with van der Waals surface area (Å²) in [4.78, 5) is 28.1. The smallest absolute Gasteiger partial charge is 0.243 e. The van der Waals surface area contributed by atoms with E-state index in [1.54, 1.807) is 11.3 Å². The Hall–Kier alpha value is -1.27. The van der Waals surface area contributed by atoms with Gasteiger partial charge >= 0.3 is 0 Å². The molecule has 1 aliphatic rings. The fourth-order valence-corrected chi connectivity index (χ4v) is 2.77. The van der Waals surface area contributed by atoms with E-state index >= 15 is 0 Å².